The highest BCUT2D eigenvalue weighted by molar-refractivity contribution is 7.09. The summed E-state index contributed by atoms with van der Waals surface area (Å²) in [6, 6.07) is 0. The Kier molecular flexibility index (Phi) is 3.23. The summed E-state index contributed by atoms with van der Waals surface area (Å²) in [5.74, 6) is 1.39. The molecule has 0 saturated carbocycles. The van der Waals surface area contributed by atoms with Gasteiger partial charge in [-0.2, -0.15) is 4.98 Å². The zero-order valence-electron chi connectivity index (χ0n) is 11.4. The van der Waals surface area contributed by atoms with Crippen LogP contribution < -0.4 is 0 Å². The fraction of sp³-hybridized carbons (Fsp3) is 0.667. The van der Waals surface area contributed by atoms with Crippen molar-refractivity contribution in [3.63, 3.8) is 0 Å². The fourth-order valence-electron chi connectivity index (χ4n) is 1.55. The SMILES string of the molecule is CC(C)(C)c1noc(CC(C)(C)c2nncs2)n1. The van der Waals surface area contributed by atoms with Crippen molar-refractivity contribution < 1.29 is 4.52 Å². The first kappa shape index (κ1) is 13.1. The molecule has 0 atom stereocenters. The molecule has 0 amide bonds. The monoisotopic (exact) mass is 266 g/mol. The van der Waals surface area contributed by atoms with Gasteiger partial charge in [0.05, 0.1) is 0 Å². The van der Waals surface area contributed by atoms with Crippen molar-refractivity contribution in [1.82, 2.24) is 20.3 Å². The Hall–Kier alpha value is -1.30. The summed E-state index contributed by atoms with van der Waals surface area (Å²) < 4.78 is 5.32. The normalized spacial score (nSPS) is 12.9. The minimum absolute atomic E-state index is 0.0887. The van der Waals surface area contributed by atoms with Crippen LogP contribution in [-0.4, -0.2) is 20.3 Å². The number of hydrogen-bond donors (Lipinski definition) is 0. The van der Waals surface area contributed by atoms with Gasteiger partial charge in [-0.3, -0.25) is 0 Å². The third-order valence-electron chi connectivity index (χ3n) is 2.67. The molecular formula is C12H18N4OS. The summed E-state index contributed by atoms with van der Waals surface area (Å²) >= 11 is 1.55. The van der Waals surface area contributed by atoms with Gasteiger partial charge in [-0.15, -0.1) is 21.5 Å². The highest BCUT2D eigenvalue weighted by Crippen LogP contribution is 2.28. The summed E-state index contributed by atoms with van der Waals surface area (Å²) in [5, 5.41) is 13.0. The molecule has 0 fully saturated rings. The Labute approximate surface area is 111 Å². The largest absolute Gasteiger partial charge is 0.339 e. The van der Waals surface area contributed by atoms with Gasteiger partial charge in [-0.05, 0) is 0 Å². The molecule has 0 radical (unpaired) electrons. The van der Waals surface area contributed by atoms with Crippen LogP contribution in [0.4, 0.5) is 0 Å². The van der Waals surface area contributed by atoms with E-state index in [0.717, 1.165) is 10.8 Å². The average Bonchev–Trinajstić information content (AvgIpc) is 2.83. The molecule has 2 aromatic heterocycles. The van der Waals surface area contributed by atoms with E-state index in [4.69, 9.17) is 4.52 Å². The van der Waals surface area contributed by atoms with Gasteiger partial charge in [0.25, 0.3) is 0 Å². The maximum atomic E-state index is 5.32. The van der Waals surface area contributed by atoms with Gasteiger partial charge in [0.1, 0.15) is 10.5 Å². The quantitative estimate of drug-likeness (QED) is 0.854. The van der Waals surface area contributed by atoms with Crippen molar-refractivity contribution in [3.05, 3.63) is 22.2 Å². The van der Waals surface area contributed by atoms with Crippen molar-refractivity contribution >= 4 is 11.3 Å². The van der Waals surface area contributed by atoms with Crippen LogP contribution in [0, 0.1) is 0 Å². The molecule has 0 N–H and O–H groups in total. The molecule has 2 rings (SSSR count). The fourth-order valence-corrected chi connectivity index (χ4v) is 2.23. The lowest BCUT2D eigenvalue weighted by atomic mass is 9.90. The van der Waals surface area contributed by atoms with Crippen molar-refractivity contribution in [1.29, 1.82) is 0 Å². The Morgan fingerprint density at radius 2 is 1.94 bits per heavy atom. The van der Waals surface area contributed by atoms with E-state index >= 15 is 0 Å². The number of nitrogens with zero attached hydrogens (tertiary/aromatic N) is 4. The first-order valence-corrected chi connectivity index (χ1v) is 6.77. The van der Waals surface area contributed by atoms with E-state index < -0.39 is 0 Å². The minimum Gasteiger partial charge on any atom is -0.339 e. The predicted octanol–water partition coefficient (Wildman–Crippen LogP) is 2.74. The molecule has 0 unspecified atom stereocenters. The van der Waals surface area contributed by atoms with Gasteiger partial charge in [0.2, 0.25) is 5.89 Å². The number of aromatic nitrogens is 4. The molecule has 98 valence electrons. The maximum Gasteiger partial charge on any atom is 0.227 e. The lowest BCUT2D eigenvalue weighted by molar-refractivity contribution is 0.337. The molecule has 0 spiro atoms. The van der Waals surface area contributed by atoms with Crippen molar-refractivity contribution in [2.75, 3.05) is 0 Å². The average molecular weight is 266 g/mol. The highest BCUT2D eigenvalue weighted by atomic mass is 32.1. The van der Waals surface area contributed by atoms with Crippen molar-refractivity contribution in [3.8, 4) is 0 Å². The zero-order chi connectivity index (χ0) is 13.4. The van der Waals surface area contributed by atoms with E-state index in [1.54, 1.807) is 16.8 Å². The van der Waals surface area contributed by atoms with Gasteiger partial charge < -0.3 is 4.52 Å². The summed E-state index contributed by atoms with van der Waals surface area (Å²) in [6.45, 7) is 10.4. The third-order valence-corrected chi connectivity index (χ3v) is 3.73. The molecule has 5 nitrogen and oxygen atoms in total. The van der Waals surface area contributed by atoms with E-state index in [2.05, 4.69) is 55.0 Å². The molecule has 2 aromatic rings. The van der Waals surface area contributed by atoms with Crippen LogP contribution in [0.3, 0.4) is 0 Å². The molecule has 0 aliphatic heterocycles. The van der Waals surface area contributed by atoms with Crippen LogP contribution in [0.15, 0.2) is 10.0 Å². The Morgan fingerprint density at radius 1 is 1.22 bits per heavy atom. The zero-order valence-corrected chi connectivity index (χ0v) is 12.2. The molecule has 0 bridgehead atoms. The van der Waals surface area contributed by atoms with E-state index in [0.29, 0.717) is 12.3 Å². The van der Waals surface area contributed by atoms with E-state index in [-0.39, 0.29) is 10.8 Å². The van der Waals surface area contributed by atoms with Gasteiger partial charge >= 0.3 is 0 Å². The van der Waals surface area contributed by atoms with Crippen LogP contribution in [0.2, 0.25) is 0 Å². The van der Waals surface area contributed by atoms with Gasteiger partial charge in [0.15, 0.2) is 5.82 Å². The standard InChI is InChI=1S/C12H18N4OS/c1-11(2,3)9-14-8(17-16-9)6-12(4,5)10-15-13-7-18-10/h7H,6H2,1-5H3. The van der Waals surface area contributed by atoms with Gasteiger partial charge in [-0.1, -0.05) is 39.8 Å². The lowest BCUT2D eigenvalue weighted by Gasteiger charge is -2.18. The second-order valence-electron chi connectivity index (χ2n) is 6.07. The molecular weight excluding hydrogens is 248 g/mol. The van der Waals surface area contributed by atoms with E-state index in [9.17, 15) is 0 Å². The first-order valence-electron chi connectivity index (χ1n) is 5.89. The molecule has 2 heterocycles. The van der Waals surface area contributed by atoms with Crippen molar-refractivity contribution in [2.24, 2.45) is 0 Å². The molecule has 0 aromatic carbocycles. The highest BCUT2D eigenvalue weighted by Gasteiger charge is 2.29. The Morgan fingerprint density at radius 3 is 2.44 bits per heavy atom. The predicted molar refractivity (Wildman–Crippen MR) is 69.6 cm³/mol. The molecule has 18 heavy (non-hydrogen) atoms. The lowest BCUT2D eigenvalue weighted by Crippen LogP contribution is -2.21. The second kappa shape index (κ2) is 4.42. The molecule has 0 saturated heterocycles. The number of rotatable bonds is 3. The van der Waals surface area contributed by atoms with Crippen LogP contribution in [0.5, 0.6) is 0 Å². The van der Waals surface area contributed by atoms with E-state index in [1.165, 1.54) is 0 Å². The van der Waals surface area contributed by atoms with Gasteiger partial charge in [0, 0.05) is 17.3 Å². The summed E-state index contributed by atoms with van der Waals surface area (Å²) in [4.78, 5) is 4.46. The van der Waals surface area contributed by atoms with Gasteiger partial charge in [-0.25, -0.2) is 0 Å². The molecule has 6 heteroatoms. The minimum atomic E-state index is -0.136. The summed E-state index contributed by atoms with van der Waals surface area (Å²) in [6.07, 6.45) is 0.672. The second-order valence-corrected chi connectivity index (χ2v) is 6.90. The van der Waals surface area contributed by atoms with E-state index in [1.807, 2.05) is 0 Å². The topological polar surface area (TPSA) is 64.7 Å². The first-order chi connectivity index (χ1) is 8.29. The van der Waals surface area contributed by atoms with Crippen LogP contribution in [0.25, 0.3) is 0 Å². The summed E-state index contributed by atoms with van der Waals surface area (Å²) in [7, 11) is 0. The maximum absolute atomic E-state index is 5.32. The number of hydrogen-bond acceptors (Lipinski definition) is 6. The Bertz CT molecular complexity index is 510. The van der Waals surface area contributed by atoms with Crippen LogP contribution >= 0.6 is 11.3 Å². The smallest absolute Gasteiger partial charge is 0.227 e. The molecule has 0 aliphatic rings. The summed E-state index contributed by atoms with van der Waals surface area (Å²) in [5.41, 5.74) is 1.52. The third kappa shape index (κ3) is 2.75. The van der Waals surface area contributed by atoms with Crippen LogP contribution in [-0.2, 0) is 17.3 Å². The van der Waals surface area contributed by atoms with Crippen LogP contribution in [0.1, 0.15) is 51.3 Å². The van der Waals surface area contributed by atoms with Crippen molar-refractivity contribution in [2.45, 2.75) is 51.9 Å². The molecule has 0 aliphatic carbocycles. The Balaban J connectivity index is 2.17.